The zero-order valence-corrected chi connectivity index (χ0v) is 13.4. The minimum absolute atomic E-state index is 0.0754. The van der Waals surface area contributed by atoms with Gasteiger partial charge in [0.05, 0.1) is 9.52 Å². The highest BCUT2D eigenvalue weighted by Gasteiger charge is 2.04. The lowest BCUT2D eigenvalue weighted by Gasteiger charge is -2.12. The highest BCUT2D eigenvalue weighted by molar-refractivity contribution is 6.36. The van der Waals surface area contributed by atoms with E-state index in [-0.39, 0.29) is 15.4 Å². The van der Waals surface area contributed by atoms with Crippen LogP contribution in [0, 0.1) is 0 Å². The van der Waals surface area contributed by atoms with E-state index in [1.165, 1.54) is 23.6 Å². The topological polar surface area (TPSA) is 30.5 Å². The van der Waals surface area contributed by atoms with Crippen molar-refractivity contribution in [2.45, 2.75) is 24.9 Å². The van der Waals surface area contributed by atoms with Crippen molar-refractivity contribution in [2.24, 2.45) is 0 Å². The zero-order chi connectivity index (χ0) is 13.9. The third-order valence-electron chi connectivity index (χ3n) is 3.11. The second-order valence-electron chi connectivity index (χ2n) is 4.52. The number of nitrogens with one attached hydrogen (secondary N) is 1. The van der Waals surface area contributed by atoms with Gasteiger partial charge in [-0.15, -0.1) is 0 Å². The summed E-state index contributed by atoms with van der Waals surface area (Å²) in [5.41, 5.74) is 2.48. The SMILES string of the molecule is C=Cc1ccc(CNCCC[SiH2]C(OC)OC)cc1. The molecule has 1 rings (SSSR count). The van der Waals surface area contributed by atoms with Crippen LogP contribution in [-0.4, -0.2) is 36.2 Å². The Labute approximate surface area is 118 Å². The Morgan fingerprint density at radius 1 is 1.26 bits per heavy atom. The number of hydrogen-bond donors (Lipinski definition) is 1. The van der Waals surface area contributed by atoms with Crippen LogP contribution in [-0.2, 0) is 16.0 Å². The summed E-state index contributed by atoms with van der Waals surface area (Å²) in [6.45, 7) is 5.73. The predicted octanol–water partition coefficient (Wildman–Crippen LogP) is 1.97. The minimum atomic E-state index is -0.270. The molecule has 1 aromatic rings. The molecule has 0 heterocycles. The lowest BCUT2D eigenvalue weighted by molar-refractivity contribution is -0.0441. The van der Waals surface area contributed by atoms with E-state index in [0.29, 0.717) is 0 Å². The van der Waals surface area contributed by atoms with Crippen LogP contribution in [0.5, 0.6) is 0 Å². The molecule has 1 aromatic carbocycles. The van der Waals surface area contributed by atoms with Crippen LogP contribution in [0.2, 0.25) is 6.04 Å². The largest absolute Gasteiger partial charge is 0.360 e. The molecule has 0 amide bonds. The molecule has 0 aliphatic rings. The first-order chi connectivity index (χ1) is 9.30. The van der Waals surface area contributed by atoms with Crippen molar-refractivity contribution >= 4 is 15.6 Å². The molecule has 0 radical (unpaired) electrons. The standard InChI is InChI=1S/C15H25NO2Si/c1-4-13-6-8-14(9-7-13)12-16-10-5-11-19-15(17-2)18-3/h4,6-9,15-16H,1,5,10-12,19H2,2-3H3. The summed E-state index contributed by atoms with van der Waals surface area (Å²) in [6, 6.07) is 9.72. The van der Waals surface area contributed by atoms with Crippen molar-refractivity contribution in [2.75, 3.05) is 20.8 Å². The van der Waals surface area contributed by atoms with Crippen LogP contribution < -0.4 is 5.32 Å². The van der Waals surface area contributed by atoms with Gasteiger partial charge in [0.25, 0.3) is 0 Å². The van der Waals surface area contributed by atoms with Crippen LogP contribution in [0.3, 0.4) is 0 Å². The lowest BCUT2D eigenvalue weighted by atomic mass is 10.1. The highest BCUT2D eigenvalue weighted by atomic mass is 28.2. The highest BCUT2D eigenvalue weighted by Crippen LogP contribution is 2.05. The van der Waals surface area contributed by atoms with Gasteiger partial charge in [0.1, 0.15) is 5.91 Å². The molecule has 0 aliphatic heterocycles. The van der Waals surface area contributed by atoms with Gasteiger partial charge in [-0.3, -0.25) is 0 Å². The van der Waals surface area contributed by atoms with Gasteiger partial charge in [-0.25, -0.2) is 0 Å². The minimum Gasteiger partial charge on any atom is -0.360 e. The van der Waals surface area contributed by atoms with Crippen LogP contribution in [0.25, 0.3) is 6.08 Å². The van der Waals surface area contributed by atoms with Crippen LogP contribution in [0.1, 0.15) is 17.5 Å². The molecule has 4 heteroatoms. The van der Waals surface area contributed by atoms with E-state index in [1.54, 1.807) is 14.2 Å². The third-order valence-corrected chi connectivity index (χ3v) is 5.16. The van der Waals surface area contributed by atoms with E-state index < -0.39 is 0 Å². The summed E-state index contributed by atoms with van der Waals surface area (Å²) in [7, 11) is 3.16. The molecule has 0 unspecified atom stereocenters. The molecule has 0 spiro atoms. The van der Waals surface area contributed by atoms with Gasteiger partial charge >= 0.3 is 0 Å². The number of ether oxygens (including phenoxy) is 2. The Bertz CT molecular complexity index is 350. The van der Waals surface area contributed by atoms with Crippen molar-refractivity contribution < 1.29 is 9.47 Å². The van der Waals surface area contributed by atoms with Gasteiger partial charge in [-0.2, -0.15) is 0 Å². The lowest BCUT2D eigenvalue weighted by Crippen LogP contribution is -2.22. The van der Waals surface area contributed by atoms with Gasteiger partial charge in [0, 0.05) is 20.8 Å². The maximum absolute atomic E-state index is 5.21. The second-order valence-corrected chi connectivity index (χ2v) is 6.47. The van der Waals surface area contributed by atoms with Gasteiger partial charge in [0.15, 0.2) is 0 Å². The molecule has 1 N–H and O–H groups in total. The number of benzene rings is 1. The van der Waals surface area contributed by atoms with Crippen molar-refractivity contribution in [3.05, 3.63) is 42.0 Å². The first kappa shape index (κ1) is 16.1. The van der Waals surface area contributed by atoms with Gasteiger partial charge in [-0.05, 0) is 24.1 Å². The zero-order valence-electron chi connectivity index (χ0n) is 12.0. The Hall–Kier alpha value is -0.943. The average Bonchev–Trinajstić information content (AvgIpc) is 2.47. The van der Waals surface area contributed by atoms with Crippen molar-refractivity contribution in [1.82, 2.24) is 5.32 Å². The van der Waals surface area contributed by atoms with E-state index in [4.69, 9.17) is 9.47 Å². The number of rotatable bonds is 10. The van der Waals surface area contributed by atoms with E-state index >= 15 is 0 Å². The van der Waals surface area contributed by atoms with E-state index in [1.807, 2.05) is 6.08 Å². The molecule has 0 fully saturated rings. The summed E-state index contributed by atoms with van der Waals surface area (Å²) in [5, 5.41) is 3.46. The van der Waals surface area contributed by atoms with Gasteiger partial charge in [0.2, 0.25) is 0 Å². The van der Waals surface area contributed by atoms with E-state index in [2.05, 4.69) is 36.2 Å². The Balaban J connectivity index is 2.08. The molecule has 106 valence electrons. The second kappa shape index (κ2) is 9.92. The van der Waals surface area contributed by atoms with Crippen molar-refractivity contribution in [1.29, 1.82) is 0 Å². The summed E-state index contributed by atoms with van der Waals surface area (Å²) in [5.74, 6) is 0.0754. The van der Waals surface area contributed by atoms with Crippen LogP contribution >= 0.6 is 0 Å². The molecule has 19 heavy (non-hydrogen) atoms. The Kier molecular flexibility index (Phi) is 8.41. The number of hydrogen-bond acceptors (Lipinski definition) is 3. The third kappa shape index (κ3) is 6.68. The monoisotopic (exact) mass is 279 g/mol. The molecule has 0 atom stereocenters. The molecule has 3 nitrogen and oxygen atoms in total. The van der Waals surface area contributed by atoms with Crippen molar-refractivity contribution in [3.8, 4) is 0 Å². The summed E-state index contributed by atoms with van der Waals surface area (Å²) in [4.78, 5) is 0. The first-order valence-corrected chi connectivity index (χ1v) is 8.59. The predicted molar refractivity (Wildman–Crippen MR) is 84.0 cm³/mol. The molecular formula is C15H25NO2Si. The summed E-state index contributed by atoms with van der Waals surface area (Å²) in [6.07, 6.45) is 3.06. The van der Waals surface area contributed by atoms with Crippen molar-refractivity contribution in [3.63, 3.8) is 0 Å². The van der Waals surface area contributed by atoms with E-state index in [9.17, 15) is 0 Å². The summed E-state index contributed by atoms with van der Waals surface area (Å²) >= 11 is 0. The van der Waals surface area contributed by atoms with E-state index in [0.717, 1.165) is 13.1 Å². The molecule has 0 saturated heterocycles. The first-order valence-electron chi connectivity index (χ1n) is 6.78. The maximum atomic E-state index is 5.21. The molecular weight excluding hydrogens is 254 g/mol. The quantitative estimate of drug-likeness (QED) is 0.403. The van der Waals surface area contributed by atoms with Crippen LogP contribution in [0.15, 0.2) is 30.8 Å². The number of methoxy groups -OCH3 is 2. The Morgan fingerprint density at radius 2 is 1.95 bits per heavy atom. The molecule has 0 aromatic heterocycles. The maximum Gasteiger partial charge on any atom is 0.134 e. The smallest absolute Gasteiger partial charge is 0.134 e. The fourth-order valence-corrected chi connectivity index (χ4v) is 3.24. The molecule has 0 bridgehead atoms. The normalized spacial score (nSPS) is 11.5. The molecule has 0 aliphatic carbocycles. The average molecular weight is 279 g/mol. The molecule has 0 saturated carbocycles. The summed E-state index contributed by atoms with van der Waals surface area (Å²) < 4.78 is 10.4. The Morgan fingerprint density at radius 3 is 2.53 bits per heavy atom. The van der Waals surface area contributed by atoms with Crippen LogP contribution in [0.4, 0.5) is 0 Å². The van der Waals surface area contributed by atoms with Gasteiger partial charge in [-0.1, -0.05) is 43.0 Å². The van der Waals surface area contributed by atoms with Gasteiger partial charge < -0.3 is 14.8 Å². The fourth-order valence-electron chi connectivity index (χ4n) is 1.90. The fraction of sp³-hybridized carbons (Fsp3) is 0.467.